The third-order valence-electron chi connectivity index (χ3n) is 7.37. The van der Waals surface area contributed by atoms with Gasteiger partial charge in [-0.15, -0.1) is 0 Å². The molecule has 5 rings (SSSR count). The van der Waals surface area contributed by atoms with E-state index in [0.717, 1.165) is 36.3 Å². The fraction of sp³-hybridized carbons (Fsp3) is 0.400. The lowest BCUT2D eigenvalue weighted by Gasteiger charge is -2.43. The number of aromatic nitrogens is 1. The minimum Gasteiger partial charge on any atom is -0.392 e. The lowest BCUT2D eigenvalue weighted by Crippen LogP contribution is -2.45. The molecule has 2 aliphatic heterocycles. The molecule has 0 spiro atoms. The molecule has 0 aliphatic carbocycles. The van der Waals surface area contributed by atoms with E-state index in [2.05, 4.69) is 22.1 Å². The van der Waals surface area contributed by atoms with Crippen molar-refractivity contribution in [3.63, 3.8) is 0 Å². The number of ether oxygens (including phenoxy) is 2. The number of rotatable bonds is 7. The van der Waals surface area contributed by atoms with Crippen LogP contribution in [-0.2, 0) is 16.1 Å². The van der Waals surface area contributed by atoms with Gasteiger partial charge in [0, 0.05) is 36.1 Å². The first-order chi connectivity index (χ1) is 18.1. The Bertz CT molecular complexity index is 1150. The van der Waals surface area contributed by atoms with Crippen molar-refractivity contribution in [2.75, 3.05) is 25.0 Å². The average molecular weight is 502 g/mol. The van der Waals surface area contributed by atoms with Crippen LogP contribution in [0.4, 0.5) is 5.69 Å². The maximum atomic E-state index is 12.5. The third kappa shape index (κ3) is 6.25. The number of amides is 1. The summed E-state index contributed by atoms with van der Waals surface area (Å²) in [5.41, 5.74) is 4.08. The highest BCUT2D eigenvalue weighted by atomic mass is 16.7. The number of hydrogen-bond acceptors (Lipinski definition) is 6. The SMILES string of the molecule is C[C@@H]1[C@H](CN2CCCCC2)O[C@H](c2ccc(NC(=O)c3cccnc3)cc2)O[C@@H]1c1ccc(CO)cc1. The number of nitrogens with one attached hydrogen (secondary N) is 1. The summed E-state index contributed by atoms with van der Waals surface area (Å²) in [6, 6.07) is 19.1. The number of hydrogen-bond donors (Lipinski definition) is 2. The van der Waals surface area contributed by atoms with E-state index in [9.17, 15) is 9.90 Å². The minimum atomic E-state index is -0.517. The van der Waals surface area contributed by atoms with E-state index >= 15 is 0 Å². The fourth-order valence-electron chi connectivity index (χ4n) is 5.15. The van der Waals surface area contributed by atoms with Gasteiger partial charge in [-0.05, 0) is 61.3 Å². The van der Waals surface area contributed by atoms with Crippen molar-refractivity contribution in [2.45, 2.75) is 51.3 Å². The Morgan fingerprint density at radius 1 is 1.00 bits per heavy atom. The summed E-state index contributed by atoms with van der Waals surface area (Å²) in [6.45, 7) is 5.32. The smallest absolute Gasteiger partial charge is 0.257 e. The molecule has 0 unspecified atom stereocenters. The molecule has 7 nitrogen and oxygen atoms in total. The molecule has 2 saturated heterocycles. The van der Waals surface area contributed by atoms with Gasteiger partial charge in [0.1, 0.15) is 0 Å². The van der Waals surface area contributed by atoms with Gasteiger partial charge < -0.3 is 24.8 Å². The highest BCUT2D eigenvalue weighted by molar-refractivity contribution is 6.03. The zero-order valence-corrected chi connectivity index (χ0v) is 21.3. The maximum Gasteiger partial charge on any atom is 0.257 e. The Morgan fingerprint density at radius 2 is 1.73 bits per heavy atom. The van der Waals surface area contributed by atoms with E-state index in [1.165, 1.54) is 19.3 Å². The molecule has 2 fully saturated rings. The van der Waals surface area contributed by atoms with Gasteiger partial charge in [0.15, 0.2) is 6.29 Å². The van der Waals surface area contributed by atoms with Crippen molar-refractivity contribution in [1.82, 2.24) is 9.88 Å². The van der Waals surface area contributed by atoms with Crippen LogP contribution in [-0.4, -0.2) is 46.6 Å². The predicted octanol–water partition coefficient (Wildman–Crippen LogP) is 5.10. The summed E-state index contributed by atoms with van der Waals surface area (Å²) < 4.78 is 13.1. The molecule has 3 aromatic rings. The first kappa shape index (κ1) is 25.5. The molecule has 1 amide bonds. The number of piperidine rings is 1. The van der Waals surface area contributed by atoms with Crippen molar-refractivity contribution in [2.24, 2.45) is 5.92 Å². The number of aliphatic hydroxyl groups excluding tert-OH is 1. The molecule has 0 radical (unpaired) electrons. The second kappa shape index (κ2) is 12.0. The van der Waals surface area contributed by atoms with Crippen LogP contribution >= 0.6 is 0 Å². The number of benzene rings is 2. The molecule has 37 heavy (non-hydrogen) atoms. The van der Waals surface area contributed by atoms with Crippen LogP contribution in [0.25, 0.3) is 0 Å². The predicted molar refractivity (Wildman–Crippen MR) is 142 cm³/mol. The Hall–Kier alpha value is -3.10. The molecular weight excluding hydrogens is 466 g/mol. The first-order valence-corrected chi connectivity index (χ1v) is 13.1. The van der Waals surface area contributed by atoms with E-state index in [1.807, 2.05) is 48.5 Å². The Kier molecular flexibility index (Phi) is 8.26. The van der Waals surface area contributed by atoms with E-state index < -0.39 is 6.29 Å². The highest BCUT2D eigenvalue weighted by Gasteiger charge is 2.39. The Labute approximate surface area is 218 Å². The van der Waals surface area contributed by atoms with Crippen LogP contribution in [0.1, 0.15) is 65.6 Å². The topological polar surface area (TPSA) is 83.9 Å². The minimum absolute atomic E-state index is 0.0179. The van der Waals surface area contributed by atoms with Crippen molar-refractivity contribution in [3.8, 4) is 0 Å². The average Bonchev–Trinajstić information content (AvgIpc) is 2.96. The molecule has 0 bridgehead atoms. The molecule has 0 saturated carbocycles. The van der Waals surface area contributed by atoms with Gasteiger partial charge in [-0.1, -0.05) is 49.7 Å². The highest BCUT2D eigenvalue weighted by Crippen LogP contribution is 2.42. The monoisotopic (exact) mass is 501 g/mol. The standard InChI is InChI=1S/C30H35N3O4/c1-21-27(19-33-16-3-2-4-17-33)36-30(37-28(21)23-9-7-22(20-34)8-10-23)24-11-13-26(14-12-24)32-29(35)25-6-5-15-31-18-25/h5-15,18,21,27-28,30,34H,2-4,16-17,19-20H2,1H3,(H,32,35)/t21-,27+,28+,30+/m1/s1. The maximum absolute atomic E-state index is 12.5. The van der Waals surface area contributed by atoms with E-state index in [4.69, 9.17) is 9.47 Å². The number of pyridine rings is 1. The van der Waals surface area contributed by atoms with Gasteiger partial charge in [0.2, 0.25) is 0 Å². The van der Waals surface area contributed by atoms with Crippen LogP contribution < -0.4 is 5.32 Å². The number of nitrogens with zero attached hydrogens (tertiary/aromatic N) is 2. The van der Waals surface area contributed by atoms with Gasteiger partial charge in [-0.2, -0.15) is 0 Å². The van der Waals surface area contributed by atoms with Crippen molar-refractivity contribution < 1.29 is 19.4 Å². The lowest BCUT2D eigenvalue weighted by atomic mass is 9.89. The quantitative estimate of drug-likeness (QED) is 0.469. The summed E-state index contributed by atoms with van der Waals surface area (Å²) in [5, 5.41) is 12.4. The second-order valence-electron chi connectivity index (χ2n) is 10.0. The van der Waals surface area contributed by atoms with Gasteiger partial charge in [0.25, 0.3) is 5.91 Å². The zero-order valence-electron chi connectivity index (χ0n) is 21.3. The number of aliphatic hydroxyl groups is 1. The van der Waals surface area contributed by atoms with Gasteiger partial charge in [-0.3, -0.25) is 9.78 Å². The normalized spacial score (nSPS) is 24.5. The van der Waals surface area contributed by atoms with Gasteiger partial charge >= 0.3 is 0 Å². The van der Waals surface area contributed by atoms with Crippen LogP contribution in [0.2, 0.25) is 0 Å². The van der Waals surface area contributed by atoms with Crippen LogP contribution in [0.15, 0.2) is 73.1 Å². The molecule has 3 heterocycles. The van der Waals surface area contributed by atoms with E-state index in [1.54, 1.807) is 24.5 Å². The van der Waals surface area contributed by atoms with E-state index in [0.29, 0.717) is 11.3 Å². The van der Waals surface area contributed by atoms with Gasteiger partial charge in [0.05, 0.1) is 24.4 Å². The third-order valence-corrected chi connectivity index (χ3v) is 7.37. The number of anilines is 1. The molecule has 4 atom stereocenters. The molecule has 2 aromatic carbocycles. The van der Waals surface area contributed by atoms with Crippen LogP contribution in [0.5, 0.6) is 0 Å². The van der Waals surface area contributed by atoms with Crippen LogP contribution in [0, 0.1) is 5.92 Å². The summed E-state index contributed by atoms with van der Waals surface area (Å²) in [7, 11) is 0. The summed E-state index contributed by atoms with van der Waals surface area (Å²) >= 11 is 0. The number of carbonyl (C=O) groups excluding carboxylic acids is 1. The Balaban J connectivity index is 1.34. The lowest BCUT2D eigenvalue weighted by molar-refractivity contribution is -0.276. The molecule has 194 valence electrons. The van der Waals surface area contributed by atoms with Crippen molar-refractivity contribution in [3.05, 3.63) is 95.3 Å². The molecule has 2 N–H and O–H groups in total. The zero-order chi connectivity index (χ0) is 25.6. The first-order valence-electron chi connectivity index (χ1n) is 13.1. The summed E-state index contributed by atoms with van der Waals surface area (Å²) in [4.78, 5) is 19.0. The van der Waals surface area contributed by atoms with Crippen molar-refractivity contribution in [1.29, 1.82) is 0 Å². The molecule has 1 aromatic heterocycles. The molecule has 7 heteroatoms. The van der Waals surface area contributed by atoms with E-state index in [-0.39, 0.29) is 30.6 Å². The number of carbonyl (C=O) groups is 1. The fourth-order valence-corrected chi connectivity index (χ4v) is 5.15. The molecule has 2 aliphatic rings. The summed E-state index contributed by atoms with van der Waals surface area (Å²) in [6.07, 6.45) is 6.33. The summed E-state index contributed by atoms with van der Waals surface area (Å²) in [5.74, 6) is -0.0379. The van der Waals surface area contributed by atoms with Gasteiger partial charge in [-0.25, -0.2) is 0 Å². The Morgan fingerprint density at radius 3 is 2.41 bits per heavy atom. The number of likely N-dealkylation sites (tertiary alicyclic amines) is 1. The molecular formula is C30H35N3O4. The second-order valence-corrected chi connectivity index (χ2v) is 10.0. The largest absolute Gasteiger partial charge is 0.392 e. The van der Waals surface area contributed by atoms with Crippen molar-refractivity contribution >= 4 is 11.6 Å². The van der Waals surface area contributed by atoms with Crippen LogP contribution in [0.3, 0.4) is 0 Å².